The number of fused-ring (bicyclic) bond motifs is 1. The Morgan fingerprint density at radius 3 is 2.42 bits per heavy atom. The third-order valence-electron chi connectivity index (χ3n) is 3.81. The molecule has 0 saturated carbocycles. The summed E-state index contributed by atoms with van der Waals surface area (Å²) in [5.41, 5.74) is 7.23. The number of hydrazine groups is 1. The highest BCUT2D eigenvalue weighted by atomic mass is 16.5. The first-order valence-corrected chi connectivity index (χ1v) is 8.28. The molecule has 0 saturated heterocycles. The van der Waals surface area contributed by atoms with Crippen LogP contribution in [0.4, 0.5) is 0 Å². The summed E-state index contributed by atoms with van der Waals surface area (Å²) in [4.78, 5) is 29.1. The molecule has 2 N–H and O–H groups in total. The van der Waals surface area contributed by atoms with Crippen LogP contribution in [0.1, 0.15) is 33.3 Å². The summed E-state index contributed by atoms with van der Waals surface area (Å²) < 4.78 is 5.34. The zero-order valence-electron chi connectivity index (χ0n) is 14.6. The number of benzene rings is 2. The molecule has 0 spiro atoms. The second kappa shape index (κ2) is 7.65. The lowest BCUT2D eigenvalue weighted by atomic mass is 10.1. The fraction of sp³-hybridized carbons (Fsp3) is 0.150. The minimum absolute atomic E-state index is 0.397. The summed E-state index contributed by atoms with van der Waals surface area (Å²) in [7, 11) is 0. The van der Waals surface area contributed by atoms with E-state index in [1.807, 2.05) is 38.1 Å². The monoisotopic (exact) mass is 349 g/mol. The van der Waals surface area contributed by atoms with Crippen LogP contribution in [-0.4, -0.2) is 23.4 Å². The van der Waals surface area contributed by atoms with Gasteiger partial charge in [-0.05, 0) is 50.2 Å². The Morgan fingerprint density at radius 2 is 1.69 bits per heavy atom. The summed E-state index contributed by atoms with van der Waals surface area (Å²) in [6.45, 7) is 4.27. The van der Waals surface area contributed by atoms with Crippen molar-refractivity contribution in [2.45, 2.75) is 13.8 Å². The molecule has 26 heavy (non-hydrogen) atoms. The zero-order chi connectivity index (χ0) is 18.5. The number of hydrogen-bond donors (Lipinski definition) is 2. The average molecular weight is 349 g/mol. The summed E-state index contributed by atoms with van der Waals surface area (Å²) in [5.74, 6) is -0.116. The van der Waals surface area contributed by atoms with Crippen molar-refractivity contribution in [3.05, 3.63) is 71.4 Å². The Labute approximate surface area is 151 Å². The summed E-state index contributed by atoms with van der Waals surface area (Å²) in [5, 5.41) is 0.728. The zero-order valence-corrected chi connectivity index (χ0v) is 14.6. The summed E-state index contributed by atoms with van der Waals surface area (Å²) in [6.07, 6.45) is 0. The predicted molar refractivity (Wildman–Crippen MR) is 99.0 cm³/mol. The van der Waals surface area contributed by atoms with Crippen molar-refractivity contribution in [2.24, 2.45) is 0 Å². The fourth-order valence-electron chi connectivity index (χ4n) is 2.62. The number of aromatic nitrogens is 1. The lowest BCUT2D eigenvalue weighted by Gasteiger charge is -2.10. The van der Waals surface area contributed by atoms with E-state index in [1.165, 1.54) is 0 Å². The molecule has 132 valence electrons. The number of nitrogens with one attached hydrogen (secondary N) is 2. The van der Waals surface area contributed by atoms with Gasteiger partial charge in [-0.2, -0.15) is 0 Å². The van der Waals surface area contributed by atoms with Crippen LogP contribution in [0.15, 0.2) is 54.6 Å². The summed E-state index contributed by atoms with van der Waals surface area (Å²) >= 11 is 0. The first kappa shape index (κ1) is 17.4. The third-order valence-corrected chi connectivity index (χ3v) is 3.81. The highest BCUT2D eigenvalue weighted by molar-refractivity contribution is 6.07. The van der Waals surface area contributed by atoms with Crippen LogP contribution >= 0.6 is 0 Å². The number of aryl methyl sites for hydroxylation is 1. The van der Waals surface area contributed by atoms with Crippen LogP contribution in [0.25, 0.3) is 10.9 Å². The van der Waals surface area contributed by atoms with Crippen molar-refractivity contribution >= 4 is 22.7 Å². The van der Waals surface area contributed by atoms with Crippen LogP contribution in [-0.2, 0) is 0 Å². The maximum atomic E-state index is 12.5. The van der Waals surface area contributed by atoms with Gasteiger partial charge in [-0.3, -0.25) is 25.4 Å². The molecule has 6 nitrogen and oxygen atoms in total. The first-order valence-electron chi connectivity index (χ1n) is 8.28. The minimum Gasteiger partial charge on any atom is -0.494 e. The molecular weight excluding hydrogens is 330 g/mol. The highest BCUT2D eigenvalue weighted by Gasteiger charge is 2.13. The molecule has 1 heterocycles. The quantitative estimate of drug-likeness (QED) is 0.710. The minimum atomic E-state index is -0.406. The largest absolute Gasteiger partial charge is 0.494 e. The third kappa shape index (κ3) is 3.80. The van der Waals surface area contributed by atoms with E-state index in [2.05, 4.69) is 15.8 Å². The number of amides is 2. The van der Waals surface area contributed by atoms with Gasteiger partial charge in [0.1, 0.15) is 5.75 Å². The van der Waals surface area contributed by atoms with Crippen molar-refractivity contribution in [1.82, 2.24) is 15.8 Å². The van der Waals surface area contributed by atoms with Gasteiger partial charge in [0, 0.05) is 16.6 Å². The fourth-order valence-corrected chi connectivity index (χ4v) is 2.62. The molecule has 0 fully saturated rings. The number of para-hydroxylation sites is 1. The van der Waals surface area contributed by atoms with E-state index in [1.54, 1.807) is 30.3 Å². The van der Waals surface area contributed by atoms with Gasteiger partial charge in [0.05, 0.1) is 17.7 Å². The van der Waals surface area contributed by atoms with Crippen molar-refractivity contribution in [1.29, 1.82) is 0 Å². The van der Waals surface area contributed by atoms with E-state index in [0.717, 1.165) is 16.6 Å². The normalized spacial score (nSPS) is 10.4. The Bertz CT molecular complexity index is 952. The Balaban J connectivity index is 1.72. The van der Waals surface area contributed by atoms with Crippen molar-refractivity contribution in [3.63, 3.8) is 0 Å². The maximum absolute atomic E-state index is 12.5. The van der Waals surface area contributed by atoms with Crippen LogP contribution < -0.4 is 15.6 Å². The molecule has 0 radical (unpaired) electrons. The van der Waals surface area contributed by atoms with E-state index >= 15 is 0 Å². The first-order chi connectivity index (χ1) is 12.6. The molecule has 2 aromatic carbocycles. The number of rotatable bonds is 4. The Hall–Kier alpha value is -3.41. The van der Waals surface area contributed by atoms with E-state index in [9.17, 15) is 9.59 Å². The number of nitrogens with zero attached hydrogens (tertiary/aromatic N) is 1. The second-order valence-corrected chi connectivity index (χ2v) is 5.69. The topological polar surface area (TPSA) is 80.3 Å². The lowest BCUT2D eigenvalue weighted by molar-refractivity contribution is 0.0847. The van der Waals surface area contributed by atoms with Crippen molar-refractivity contribution < 1.29 is 14.3 Å². The SMILES string of the molecule is CCOc1ccc(C(=O)NNC(=O)c2cc(C)nc3ccccc23)cc1. The van der Waals surface area contributed by atoms with Crippen LogP contribution in [0.5, 0.6) is 5.75 Å². The number of carbonyl (C=O) groups is 2. The molecule has 0 unspecified atom stereocenters. The molecule has 2 amide bonds. The van der Waals surface area contributed by atoms with Gasteiger partial charge < -0.3 is 4.74 Å². The molecule has 0 aliphatic heterocycles. The van der Waals surface area contributed by atoms with Gasteiger partial charge in [0.15, 0.2) is 0 Å². The van der Waals surface area contributed by atoms with Gasteiger partial charge >= 0.3 is 0 Å². The van der Waals surface area contributed by atoms with Crippen molar-refractivity contribution in [2.75, 3.05) is 6.61 Å². The molecule has 1 aromatic heterocycles. The highest BCUT2D eigenvalue weighted by Crippen LogP contribution is 2.18. The number of carbonyl (C=O) groups excluding carboxylic acids is 2. The molecule has 0 aliphatic rings. The van der Waals surface area contributed by atoms with Gasteiger partial charge in [-0.15, -0.1) is 0 Å². The maximum Gasteiger partial charge on any atom is 0.270 e. The molecule has 0 aliphatic carbocycles. The van der Waals surface area contributed by atoms with Crippen molar-refractivity contribution in [3.8, 4) is 5.75 Å². The van der Waals surface area contributed by atoms with Crippen LogP contribution in [0.2, 0.25) is 0 Å². The number of ether oxygens (including phenoxy) is 1. The van der Waals surface area contributed by atoms with E-state index in [4.69, 9.17) is 4.74 Å². The van der Waals surface area contributed by atoms with Gasteiger partial charge in [0.25, 0.3) is 11.8 Å². The van der Waals surface area contributed by atoms with Gasteiger partial charge in [-0.25, -0.2) is 0 Å². The number of hydrogen-bond acceptors (Lipinski definition) is 4. The molecule has 3 rings (SSSR count). The average Bonchev–Trinajstić information content (AvgIpc) is 2.66. The molecular formula is C20H19N3O3. The Morgan fingerprint density at radius 1 is 1.00 bits per heavy atom. The van der Waals surface area contributed by atoms with Crippen LogP contribution in [0.3, 0.4) is 0 Å². The lowest BCUT2D eigenvalue weighted by Crippen LogP contribution is -2.41. The smallest absolute Gasteiger partial charge is 0.270 e. The van der Waals surface area contributed by atoms with Crippen LogP contribution in [0, 0.1) is 6.92 Å². The predicted octanol–water partition coefficient (Wildman–Crippen LogP) is 3.02. The van der Waals surface area contributed by atoms with E-state index in [-0.39, 0.29) is 0 Å². The molecule has 3 aromatic rings. The Kier molecular flexibility index (Phi) is 5.12. The molecule has 0 bridgehead atoms. The van der Waals surface area contributed by atoms with E-state index in [0.29, 0.717) is 23.5 Å². The summed E-state index contributed by atoms with van der Waals surface area (Å²) in [6, 6.07) is 15.8. The number of pyridine rings is 1. The van der Waals surface area contributed by atoms with Gasteiger partial charge in [-0.1, -0.05) is 18.2 Å². The van der Waals surface area contributed by atoms with E-state index < -0.39 is 11.8 Å². The standard InChI is InChI=1S/C20H19N3O3/c1-3-26-15-10-8-14(9-11-15)19(24)22-23-20(25)17-12-13(2)21-18-7-5-4-6-16(17)18/h4-12H,3H2,1-2H3,(H,22,24)(H,23,25). The molecule has 6 heteroatoms. The molecule has 0 atom stereocenters. The van der Waals surface area contributed by atoms with Gasteiger partial charge in [0.2, 0.25) is 0 Å². The second-order valence-electron chi connectivity index (χ2n) is 5.69.